The van der Waals surface area contributed by atoms with Crippen molar-refractivity contribution >= 4 is 43.4 Å². The summed E-state index contributed by atoms with van der Waals surface area (Å²) >= 11 is 3.24. The number of hydrogen-bond donors (Lipinski definition) is 2. The highest BCUT2D eigenvalue weighted by molar-refractivity contribution is 9.10. The lowest BCUT2D eigenvalue weighted by Crippen LogP contribution is -2.22. The summed E-state index contributed by atoms with van der Waals surface area (Å²) in [6.45, 7) is 4.58. The van der Waals surface area contributed by atoms with E-state index >= 15 is 4.39 Å². The van der Waals surface area contributed by atoms with Crippen molar-refractivity contribution < 1.29 is 32.9 Å². The Bertz CT molecular complexity index is 1630. The summed E-state index contributed by atoms with van der Waals surface area (Å²) in [6, 6.07) is 6.16. The molecule has 2 unspecified atom stereocenters. The number of aliphatic hydroxyl groups is 1. The van der Waals surface area contributed by atoms with Crippen LogP contribution in [0.3, 0.4) is 0 Å². The van der Waals surface area contributed by atoms with Crippen LogP contribution in [-0.4, -0.2) is 89.3 Å². The maximum atomic E-state index is 15.9. The van der Waals surface area contributed by atoms with Gasteiger partial charge in [0.2, 0.25) is 5.88 Å². The third kappa shape index (κ3) is 6.16. The Morgan fingerprint density at radius 3 is 2.63 bits per heavy atom. The zero-order chi connectivity index (χ0) is 30.8. The number of nitrogens with zero attached hydrogens (tertiary/aromatic N) is 5. The molecule has 230 valence electrons. The number of anilines is 1. The van der Waals surface area contributed by atoms with Gasteiger partial charge in [-0.15, -0.1) is 0 Å². The van der Waals surface area contributed by atoms with Crippen molar-refractivity contribution in [2.24, 2.45) is 0 Å². The van der Waals surface area contributed by atoms with Crippen LogP contribution in [0.4, 0.5) is 19.0 Å². The van der Waals surface area contributed by atoms with Gasteiger partial charge in [0.1, 0.15) is 46.8 Å². The van der Waals surface area contributed by atoms with Crippen LogP contribution in [0.15, 0.2) is 28.7 Å². The smallest absolute Gasteiger partial charge is 0.318 e. The first-order valence-electron chi connectivity index (χ1n) is 14.1. The molecule has 5 heterocycles. The maximum Gasteiger partial charge on any atom is 0.318 e. The average Bonchev–Trinajstić information content (AvgIpc) is 3.52. The lowest BCUT2D eigenvalue weighted by Gasteiger charge is -2.17. The standard InChI is InChI=1S/C21H15BrF2N4O3.C7H12FN.C2H6O/c1-28-5-6-31-20-14-18(26-21(30-2)27-19(14)28)16(24)17(25-20)11-8-10(29)7-9-3-4-12(23)15(22)13(9)11;8-6-4-7-2-1-3-9(7)5-6;1-2-3/h3-4,7-8,29H,5-6H2,1-2H3;6-7H,1-5H2;3H,2H2,1H3. The number of fused-ring (bicyclic) bond motifs is 2. The first kappa shape index (κ1) is 31.0. The number of ether oxygens (including phenoxy) is 2. The van der Waals surface area contributed by atoms with E-state index in [1.807, 2.05) is 0 Å². The van der Waals surface area contributed by atoms with Crippen LogP contribution >= 0.6 is 15.9 Å². The zero-order valence-corrected chi connectivity index (χ0v) is 25.7. The molecule has 2 N–H and O–H groups in total. The topological polar surface area (TPSA) is 104 Å². The predicted octanol–water partition coefficient (Wildman–Crippen LogP) is 5.62. The van der Waals surface area contributed by atoms with Crippen molar-refractivity contribution in [3.63, 3.8) is 0 Å². The first-order chi connectivity index (χ1) is 20.7. The van der Waals surface area contributed by atoms with Gasteiger partial charge in [-0.1, -0.05) is 6.07 Å². The van der Waals surface area contributed by atoms with Gasteiger partial charge in [-0.05, 0) is 72.2 Å². The number of phenolic OH excluding ortho intramolecular Hbond substituents is 1. The Kier molecular flexibility index (Phi) is 9.42. The molecule has 2 aromatic carbocycles. The Morgan fingerprint density at radius 1 is 1.14 bits per heavy atom. The van der Waals surface area contributed by atoms with Crippen LogP contribution in [0.5, 0.6) is 17.6 Å². The second-order valence-corrected chi connectivity index (χ2v) is 11.3. The van der Waals surface area contributed by atoms with Crippen LogP contribution in [-0.2, 0) is 0 Å². The second kappa shape index (κ2) is 13.1. The van der Waals surface area contributed by atoms with E-state index in [9.17, 15) is 13.9 Å². The van der Waals surface area contributed by atoms with E-state index in [1.165, 1.54) is 44.2 Å². The molecule has 0 amide bonds. The molecule has 0 saturated carbocycles. The fourth-order valence-electron chi connectivity index (χ4n) is 5.73. The maximum absolute atomic E-state index is 15.9. The molecule has 2 atom stereocenters. The van der Waals surface area contributed by atoms with E-state index in [-0.39, 0.29) is 45.5 Å². The van der Waals surface area contributed by atoms with Crippen LogP contribution in [0, 0.1) is 11.6 Å². The van der Waals surface area contributed by atoms with E-state index in [4.69, 9.17) is 14.6 Å². The molecule has 2 aromatic heterocycles. The van der Waals surface area contributed by atoms with Gasteiger partial charge in [0.05, 0.1) is 18.1 Å². The quantitative estimate of drug-likeness (QED) is 0.283. The second-order valence-electron chi connectivity index (χ2n) is 10.5. The molecule has 3 aliphatic rings. The first-order valence-corrected chi connectivity index (χ1v) is 14.8. The highest BCUT2D eigenvalue weighted by atomic mass is 79.9. The lowest BCUT2D eigenvalue weighted by molar-refractivity contribution is 0.292. The predicted molar refractivity (Wildman–Crippen MR) is 162 cm³/mol. The number of methoxy groups -OCH3 is 1. The van der Waals surface area contributed by atoms with Crippen molar-refractivity contribution in [2.45, 2.75) is 38.4 Å². The van der Waals surface area contributed by atoms with E-state index < -0.39 is 17.8 Å². The molecule has 0 bridgehead atoms. The lowest BCUT2D eigenvalue weighted by atomic mass is 10.00. The van der Waals surface area contributed by atoms with Gasteiger partial charge in [-0.3, -0.25) is 4.90 Å². The largest absolute Gasteiger partial charge is 0.508 e. The number of aromatic hydroxyl groups is 1. The molecule has 0 radical (unpaired) electrons. The molecule has 7 rings (SSSR count). The van der Waals surface area contributed by atoms with Crippen molar-refractivity contribution in [2.75, 3.05) is 51.9 Å². The third-order valence-electron chi connectivity index (χ3n) is 7.63. The van der Waals surface area contributed by atoms with Gasteiger partial charge in [-0.25, -0.2) is 18.2 Å². The molecule has 13 heteroatoms. The van der Waals surface area contributed by atoms with Crippen molar-refractivity contribution in [1.29, 1.82) is 0 Å². The Labute approximate surface area is 255 Å². The minimum Gasteiger partial charge on any atom is -0.508 e. The Morgan fingerprint density at radius 2 is 1.91 bits per heavy atom. The molecule has 43 heavy (non-hydrogen) atoms. The molecule has 9 nitrogen and oxygen atoms in total. The molecule has 0 aliphatic carbocycles. The minimum absolute atomic E-state index is 0.00811. The summed E-state index contributed by atoms with van der Waals surface area (Å²) in [7, 11) is 3.19. The molecule has 4 aromatic rings. The minimum atomic E-state index is -0.761. The number of benzene rings is 2. The molecule has 2 fully saturated rings. The van der Waals surface area contributed by atoms with Crippen molar-refractivity contribution in [3.05, 3.63) is 40.4 Å². The number of alkyl halides is 1. The summed E-state index contributed by atoms with van der Waals surface area (Å²) in [5.41, 5.74) is 0.0166. The van der Waals surface area contributed by atoms with Gasteiger partial charge >= 0.3 is 6.01 Å². The van der Waals surface area contributed by atoms with E-state index in [1.54, 1.807) is 18.9 Å². The number of likely N-dealkylation sites (N-methyl/N-ethyl adjacent to an activating group) is 1. The SMILES string of the molecule is CCO.COc1nc2c3c(nc(-c4cc(O)cc5ccc(F)c(Br)c45)c(F)c3n1)OCCN2C.FC1CC2CCCN2C1. The van der Waals surface area contributed by atoms with Gasteiger partial charge in [-0.2, -0.15) is 9.97 Å². The van der Waals surface area contributed by atoms with Crippen molar-refractivity contribution in [1.82, 2.24) is 19.9 Å². The summed E-state index contributed by atoms with van der Waals surface area (Å²) in [5, 5.41) is 19.0. The summed E-state index contributed by atoms with van der Waals surface area (Å²) in [4.78, 5) is 17.0. The number of rotatable bonds is 2. The zero-order valence-electron chi connectivity index (χ0n) is 24.1. The number of pyridine rings is 1. The van der Waals surface area contributed by atoms with Crippen molar-refractivity contribution in [3.8, 4) is 28.9 Å². The van der Waals surface area contributed by atoms with E-state index in [0.717, 1.165) is 13.0 Å². The van der Waals surface area contributed by atoms with Gasteiger partial charge in [0, 0.05) is 37.2 Å². The third-order valence-corrected chi connectivity index (χ3v) is 8.40. The highest BCUT2D eigenvalue weighted by Crippen LogP contribution is 2.43. The number of aromatic nitrogens is 3. The number of aliphatic hydroxyl groups excluding tert-OH is 1. The van der Waals surface area contributed by atoms with Crippen LogP contribution < -0.4 is 14.4 Å². The number of phenols is 1. The number of hydrogen-bond acceptors (Lipinski definition) is 9. The number of halogens is 4. The van der Waals surface area contributed by atoms with Gasteiger partial charge in [0.15, 0.2) is 5.82 Å². The fraction of sp³-hybridized carbons (Fsp3) is 0.433. The Hall–Kier alpha value is -3.42. The van der Waals surface area contributed by atoms with Gasteiger partial charge in [0.25, 0.3) is 0 Å². The van der Waals surface area contributed by atoms with Crippen LogP contribution in [0.1, 0.15) is 26.2 Å². The summed E-state index contributed by atoms with van der Waals surface area (Å²) in [6.07, 6.45) is 2.81. The highest BCUT2D eigenvalue weighted by Gasteiger charge is 2.34. The molecular formula is C30H33BrF3N5O4. The summed E-state index contributed by atoms with van der Waals surface area (Å²) < 4.78 is 53.9. The normalized spacial score (nSPS) is 19.2. The van der Waals surface area contributed by atoms with Gasteiger partial charge < -0.3 is 24.6 Å². The molecule has 3 aliphatic heterocycles. The summed E-state index contributed by atoms with van der Waals surface area (Å²) in [5.74, 6) is -0.821. The Balaban J connectivity index is 0.000000255. The van der Waals surface area contributed by atoms with Crippen LogP contribution in [0.2, 0.25) is 0 Å². The average molecular weight is 665 g/mol. The monoisotopic (exact) mass is 663 g/mol. The molecular weight excluding hydrogens is 631 g/mol. The van der Waals surface area contributed by atoms with Crippen LogP contribution in [0.25, 0.3) is 32.9 Å². The van der Waals surface area contributed by atoms with E-state index in [2.05, 4.69) is 35.8 Å². The van der Waals surface area contributed by atoms with E-state index in [0.29, 0.717) is 47.7 Å². The fourth-order valence-corrected chi connectivity index (χ4v) is 6.31. The molecule has 2 saturated heterocycles. The molecule has 0 spiro atoms.